The molecule has 0 aliphatic rings. The average Bonchev–Trinajstić information content (AvgIpc) is 3.12. The summed E-state index contributed by atoms with van der Waals surface area (Å²) in [5.74, 6) is 1.90. The lowest BCUT2D eigenvalue weighted by atomic mass is 10.2. The van der Waals surface area contributed by atoms with Crippen molar-refractivity contribution in [2.45, 2.75) is 13.2 Å². The van der Waals surface area contributed by atoms with Gasteiger partial charge in [-0.1, -0.05) is 23.7 Å². The highest BCUT2D eigenvalue weighted by atomic mass is 79.9. The summed E-state index contributed by atoms with van der Waals surface area (Å²) < 4.78 is 12.2. The molecule has 0 unspecified atom stereocenters. The summed E-state index contributed by atoms with van der Waals surface area (Å²) in [6, 6.07) is 11.4. The predicted molar refractivity (Wildman–Crippen MR) is 100 cm³/mol. The maximum Gasteiger partial charge on any atom is 0.218 e. The van der Waals surface area contributed by atoms with Gasteiger partial charge >= 0.3 is 0 Å². The number of nitrogens with zero attached hydrogens (tertiary/aromatic N) is 2. The Morgan fingerprint density at radius 2 is 2.12 bits per heavy atom. The lowest BCUT2D eigenvalue weighted by molar-refractivity contribution is 0.282. The first-order valence-electron chi connectivity index (χ1n) is 7.48. The van der Waals surface area contributed by atoms with Crippen molar-refractivity contribution in [2.24, 2.45) is 0 Å². The molecule has 2 aromatic carbocycles. The van der Waals surface area contributed by atoms with Crippen molar-refractivity contribution in [2.75, 3.05) is 12.4 Å². The molecule has 0 saturated heterocycles. The first-order valence-corrected chi connectivity index (χ1v) is 8.65. The van der Waals surface area contributed by atoms with Crippen LogP contribution in [-0.4, -0.2) is 22.3 Å². The molecule has 0 atom stereocenters. The third-order valence-electron chi connectivity index (χ3n) is 3.44. The number of H-pyrrole nitrogens is 1. The molecule has 1 heterocycles. The molecule has 25 heavy (non-hydrogen) atoms. The van der Waals surface area contributed by atoms with E-state index in [0.29, 0.717) is 35.6 Å². The molecular formula is C17H16BrClN4O2. The van der Waals surface area contributed by atoms with Gasteiger partial charge in [0.1, 0.15) is 12.9 Å². The van der Waals surface area contributed by atoms with Crippen molar-refractivity contribution >= 4 is 33.5 Å². The summed E-state index contributed by atoms with van der Waals surface area (Å²) in [4.78, 5) is 4.03. The molecule has 1 aromatic heterocycles. The minimum absolute atomic E-state index is 0.394. The third-order valence-corrected chi connectivity index (χ3v) is 4.26. The van der Waals surface area contributed by atoms with Gasteiger partial charge in [-0.3, -0.25) is 0 Å². The number of hydrogen-bond donors (Lipinski definition) is 2. The van der Waals surface area contributed by atoms with Gasteiger partial charge in [0.15, 0.2) is 11.5 Å². The topological polar surface area (TPSA) is 72.1 Å². The van der Waals surface area contributed by atoms with Crippen LogP contribution < -0.4 is 14.8 Å². The number of benzene rings is 2. The first-order chi connectivity index (χ1) is 12.2. The summed E-state index contributed by atoms with van der Waals surface area (Å²) in [6.07, 6.45) is 1.45. The molecule has 2 N–H and O–H groups in total. The van der Waals surface area contributed by atoms with Crippen molar-refractivity contribution in [3.05, 3.63) is 63.3 Å². The molecule has 0 amide bonds. The van der Waals surface area contributed by atoms with Gasteiger partial charge in [0.2, 0.25) is 5.95 Å². The highest BCUT2D eigenvalue weighted by Gasteiger charge is 2.12. The van der Waals surface area contributed by atoms with E-state index < -0.39 is 0 Å². The Morgan fingerprint density at radius 1 is 1.24 bits per heavy atom. The molecule has 3 aromatic rings. The smallest absolute Gasteiger partial charge is 0.218 e. The number of anilines is 1. The number of methoxy groups -OCH3 is 1. The van der Waals surface area contributed by atoms with E-state index in [4.69, 9.17) is 21.1 Å². The largest absolute Gasteiger partial charge is 0.493 e. The highest BCUT2D eigenvalue weighted by molar-refractivity contribution is 9.10. The van der Waals surface area contributed by atoms with Gasteiger partial charge in [0, 0.05) is 11.6 Å². The normalized spacial score (nSPS) is 10.5. The number of nitrogens with one attached hydrogen (secondary N) is 2. The lowest BCUT2D eigenvalue weighted by Crippen LogP contribution is -2.03. The fraction of sp³-hybridized carbons (Fsp3) is 0.176. The quantitative estimate of drug-likeness (QED) is 0.588. The van der Waals surface area contributed by atoms with Crippen LogP contribution in [0.1, 0.15) is 11.1 Å². The average molecular weight is 424 g/mol. The van der Waals surface area contributed by atoms with E-state index in [1.165, 1.54) is 6.33 Å². The maximum atomic E-state index is 6.01. The fourth-order valence-electron chi connectivity index (χ4n) is 2.27. The van der Waals surface area contributed by atoms with Crippen LogP contribution in [0.3, 0.4) is 0 Å². The SMILES string of the molecule is COc1cc(CNc2ncn[nH]2)cc(Br)c1OCc1cccc(Cl)c1. The van der Waals surface area contributed by atoms with Crippen molar-refractivity contribution in [1.29, 1.82) is 0 Å². The minimum Gasteiger partial charge on any atom is -0.493 e. The van der Waals surface area contributed by atoms with E-state index in [-0.39, 0.29) is 0 Å². The predicted octanol–water partition coefficient (Wildman–Crippen LogP) is 4.42. The second-order valence-corrected chi connectivity index (χ2v) is 6.51. The van der Waals surface area contributed by atoms with E-state index in [2.05, 4.69) is 36.4 Å². The highest BCUT2D eigenvalue weighted by Crippen LogP contribution is 2.37. The number of aromatic nitrogens is 3. The molecule has 0 radical (unpaired) electrons. The van der Waals surface area contributed by atoms with Gasteiger partial charge in [-0.05, 0) is 51.3 Å². The third kappa shape index (κ3) is 4.64. The van der Waals surface area contributed by atoms with Crippen LogP contribution in [0.4, 0.5) is 5.95 Å². The van der Waals surface area contributed by atoms with Crippen LogP contribution in [-0.2, 0) is 13.2 Å². The van der Waals surface area contributed by atoms with E-state index >= 15 is 0 Å². The Labute approximate surface area is 158 Å². The number of hydrogen-bond acceptors (Lipinski definition) is 5. The molecule has 3 rings (SSSR count). The summed E-state index contributed by atoms with van der Waals surface area (Å²) in [6.45, 7) is 0.962. The van der Waals surface area contributed by atoms with Crippen LogP contribution >= 0.6 is 27.5 Å². The minimum atomic E-state index is 0.394. The number of rotatable bonds is 7. The Hall–Kier alpha value is -2.25. The van der Waals surface area contributed by atoms with Gasteiger partial charge in [-0.25, -0.2) is 10.1 Å². The Kier molecular flexibility index (Phi) is 5.78. The van der Waals surface area contributed by atoms with Gasteiger partial charge in [0.25, 0.3) is 0 Å². The number of halogens is 2. The van der Waals surface area contributed by atoms with E-state index in [0.717, 1.165) is 15.6 Å². The van der Waals surface area contributed by atoms with Gasteiger partial charge < -0.3 is 14.8 Å². The standard InChI is InChI=1S/C17H16BrClN4O2/c1-24-15-7-12(8-20-17-21-10-22-23-17)6-14(18)16(15)25-9-11-3-2-4-13(19)5-11/h2-7,10H,8-9H2,1H3,(H2,20,21,22,23). The summed E-state index contributed by atoms with van der Waals surface area (Å²) in [5, 5.41) is 10.4. The van der Waals surface area contributed by atoms with Gasteiger partial charge in [0.05, 0.1) is 11.6 Å². The Balaban J connectivity index is 1.72. The fourth-order valence-corrected chi connectivity index (χ4v) is 3.09. The van der Waals surface area contributed by atoms with Crippen LogP contribution in [0.25, 0.3) is 0 Å². The first kappa shape index (κ1) is 17.6. The van der Waals surface area contributed by atoms with Crippen molar-refractivity contribution in [3.8, 4) is 11.5 Å². The molecule has 8 heteroatoms. The van der Waals surface area contributed by atoms with Crippen molar-refractivity contribution in [3.63, 3.8) is 0 Å². The van der Waals surface area contributed by atoms with Crippen LogP contribution in [0.5, 0.6) is 11.5 Å². The van der Waals surface area contributed by atoms with E-state index in [1.54, 1.807) is 7.11 Å². The second-order valence-electron chi connectivity index (χ2n) is 5.22. The number of aromatic amines is 1. The molecule has 0 aliphatic heterocycles. The summed E-state index contributed by atoms with van der Waals surface area (Å²) in [5.41, 5.74) is 1.99. The molecule has 0 bridgehead atoms. The Bertz CT molecular complexity index is 843. The zero-order valence-electron chi connectivity index (χ0n) is 13.4. The van der Waals surface area contributed by atoms with Crippen LogP contribution in [0, 0.1) is 0 Å². The monoisotopic (exact) mass is 422 g/mol. The zero-order valence-corrected chi connectivity index (χ0v) is 15.8. The maximum absolute atomic E-state index is 6.01. The number of ether oxygens (including phenoxy) is 2. The van der Waals surface area contributed by atoms with Gasteiger partial charge in [-0.2, -0.15) is 5.10 Å². The molecular weight excluding hydrogens is 408 g/mol. The van der Waals surface area contributed by atoms with Crippen molar-refractivity contribution < 1.29 is 9.47 Å². The molecule has 0 aliphatic carbocycles. The molecule has 0 spiro atoms. The molecule has 0 saturated carbocycles. The van der Waals surface area contributed by atoms with Crippen LogP contribution in [0.15, 0.2) is 47.2 Å². The van der Waals surface area contributed by atoms with Gasteiger partial charge in [-0.15, -0.1) is 0 Å². The molecule has 6 nitrogen and oxygen atoms in total. The molecule has 130 valence electrons. The summed E-state index contributed by atoms with van der Waals surface area (Å²) >= 11 is 9.56. The lowest BCUT2D eigenvalue weighted by Gasteiger charge is -2.15. The van der Waals surface area contributed by atoms with E-state index in [9.17, 15) is 0 Å². The summed E-state index contributed by atoms with van der Waals surface area (Å²) in [7, 11) is 1.61. The van der Waals surface area contributed by atoms with E-state index in [1.807, 2.05) is 36.4 Å². The Morgan fingerprint density at radius 3 is 2.84 bits per heavy atom. The second kappa shape index (κ2) is 8.22. The molecule has 0 fully saturated rings. The van der Waals surface area contributed by atoms with Crippen molar-refractivity contribution in [1.82, 2.24) is 15.2 Å². The van der Waals surface area contributed by atoms with Crippen LogP contribution in [0.2, 0.25) is 5.02 Å². The zero-order chi connectivity index (χ0) is 17.6.